The minimum absolute atomic E-state index is 0.00277. The SMILES string of the molecule is Cc1ccccc1-n1c(=S)sc2c(=O)n(-c3ccccc3F)c(SCC(=O)C(C)(C)C)nc21. The van der Waals surface area contributed by atoms with Gasteiger partial charge in [-0.25, -0.2) is 9.37 Å². The van der Waals surface area contributed by atoms with E-state index >= 15 is 0 Å². The minimum Gasteiger partial charge on any atom is -0.298 e. The first-order chi connectivity index (χ1) is 15.6. The van der Waals surface area contributed by atoms with E-state index in [0.29, 0.717) is 14.3 Å². The third-order valence-corrected chi connectivity index (χ3v) is 7.49. The van der Waals surface area contributed by atoms with Crippen LogP contribution in [0.2, 0.25) is 0 Å². The van der Waals surface area contributed by atoms with E-state index in [1.807, 2.05) is 52.0 Å². The van der Waals surface area contributed by atoms with Crippen LogP contribution in [0.5, 0.6) is 0 Å². The minimum atomic E-state index is -0.549. The summed E-state index contributed by atoms with van der Waals surface area (Å²) in [6.07, 6.45) is 0. The number of thioether (sulfide) groups is 1. The highest BCUT2D eigenvalue weighted by molar-refractivity contribution is 7.99. The average molecular weight is 500 g/mol. The summed E-state index contributed by atoms with van der Waals surface area (Å²) in [6.45, 7) is 7.47. The molecule has 4 aromatic rings. The van der Waals surface area contributed by atoms with Crippen molar-refractivity contribution in [2.45, 2.75) is 32.9 Å². The summed E-state index contributed by atoms with van der Waals surface area (Å²) in [5.74, 6) is -0.444. The predicted molar refractivity (Wildman–Crippen MR) is 135 cm³/mol. The molecule has 5 nitrogen and oxygen atoms in total. The van der Waals surface area contributed by atoms with Crippen LogP contribution in [0.4, 0.5) is 4.39 Å². The molecular weight excluding hydrogens is 477 g/mol. The number of carbonyl (C=O) groups is 1. The Morgan fingerprint density at radius 1 is 1.09 bits per heavy atom. The smallest absolute Gasteiger partial charge is 0.278 e. The van der Waals surface area contributed by atoms with Crippen molar-refractivity contribution in [1.82, 2.24) is 14.1 Å². The van der Waals surface area contributed by atoms with Gasteiger partial charge in [-0.2, -0.15) is 0 Å². The number of aryl methyl sites for hydroxylation is 1. The molecule has 0 amide bonds. The third-order valence-electron chi connectivity index (χ3n) is 5.20. The number of hydrogen-bond donors (Lipinski definition) is 0. The fraction of sp³-hybridized carbons (Fsp3) is 0.250. The number of carbonyl (C=O) groups excluding carboxylic acids is 1. The Morgan fingerprint density at radius 2 is 1.73 bits per heavy atom. The van der Waals surface area contributed by atoms with Gasteiger partial charge in [0.1, 0.15) is 16.3 Å². The molecule has 2 heterocycles. The number of aromatic nitrogens is 3. The standard InChI is InChI=1S/C24H22FN3O2S3/c1-14-9-5-7-11-16(14)27-20-19(33-23(27)31)21(30)28(17-12-8-6-10-15(17)25)22(26-20)32-13-18(29)24(2,3)4/h5-12H,13H2,1-4H3. The number of nitrogens with zero attached hydrogens (tertiary/aromatic N) is 3. The van der Waals surface area contributed by atoms with Crippen molar-refractivity contribution < 1.29 is 9.18 Å². The Bertz CT molecular complexity index is 1500. The maximum absolute atomic E-state index is 14.7. The normalized spacial score (nSPS) is 11.8. The van der Waals surface area contributed by atoms with Gasteiger partial charge in [0, 0.05) is 5.41 Å². The Balaban J connectivity index is 2.00. The summed E-state index contributed by atoms with van der Waals surface area (Å²) < 4.78 is 18.6. The van der Waals surface area contributed by atoms with Crippen LogP contribution < -0.4 is 5.56 Å². The predicted octanol–water partition coefficient (Wildman–Crippen LogP) is 6.12. The molecule has 0 bridgehead atoms. The highest BCUT2D eigenvalue weighted by Crippen LogP contribution is 2.30. The molecule has 0 unspecified atom stereocenters. The van der Waals surface area contributed by atoms with Gasteiger partial charge in [-0.3, -0.25) is 18.7 Å². The van der Waals surface area contributed by atoms with E-state index in [1.54, 1.807) is 16.7 Å². The van der Waals surface area contributed by atoms with Crippen molar-refractivity contribution >= 4 is 51.4 Å². The molecule has 0 N–H and O–H groups in total. The molecule has 33 heavy (non-hydrogen) atoms. The number of fused-ring (bicyclic) bond motifs is 1. The van der Waals surface area contributed by atoms with Crippen molar-refractivity contribution in [1.29, 1.82) is 0 Å². The third kappa shape index (κ3) is 4.45. The second kappa shape index (κ2) is 8.96. The molecule has 0 radical (unpaired) electrons. The van der Waals surface area contributed by atoms with Gasteiger partial charge in [-0.05, 0) is 42.9 Å². The van der Waals surface area contributed by atoms with Crippen LogP contribution >= 0.6 is 35.3 Å². The number of para-hydroxylation sites is 2. The Labute approximate surface area is 203 Å². The molecule has 2 aromatic heterocycles. The van der Waals surface area contributed by atoms with Crippen molar-refractivity contribution in [2.75, 3.05) is 5.75 Å². The molecular formula is C24H22FN3O2S3. The number of rotatable bonds is 5. The lowest BCUT2D eigenvalue weighted by Crippen LogP contribution is -2.25. The van der Waals surface area contributed by atoms with Gasteiger partial charge in [0.25, 0.3) is 5.56 Å². The molecule has 0 aliphatic carbocycles. The zero-order valence-corrected chi connectivity index (χ0v) is 21.0. The zero-order valence-electron chi connectivity index (χ0n) is 18.6. The lowest BCUT2D eigenvalue weighted by atomic mass is 9.92. The van der Waals surface area contributed by atoms with Gasteiger partial charge >= 0.3 is 0 Å². The number of thiazole rings is 1. The quantitative estimate of drug-likeness (QED) is 0.188. The summed E-state index contributed by atoms with van der Waals surface area (Å²) in [4.78, 5) is 31.0. The topological polar surface area (TPSA) is 56.9 Å². The van der Waals surface area contributed by atoms with Crippen LogP contribution in [0.25, 0.3) is 21.7 Å². The van der Waals surface area contributed by atoms with Crippen molar-refractivity contribution in [3.8, 4) is 11.4 Å². The lowest BCUT2D eigenvalue weighted by Gasteiger charge is -2.17. The summed E-state index contributed by atoms with van der Waals surface area (Å²) in [6, 6.07) is 13.7. The molecule has 0 saturated heterocycles. The van der Waals surface area contributed by atoms with Crippen LogP contribution in [-0.2, 0) is 4.79 Å². The van der Waals surface area contributed by atoms with E-state index < -0.39 is 16.8 Å². The largest absolute Gasteiger partial charge is 0.298 e. The van der Waals surface area contributed by atoms with Gasteiger partial charge in [0.15, 0.2) is 14.8 Å². The van der Waals surface area contributed by atoms with Gasteiger partial charge in [0.2, 0.25) is 0 Å². The number of Topliss-reactive ketones (excluding diaryl/α,β-unsaturated/α-hetero) is 1. The molecule has 170 valence electrons. The van der Waals surface area contributed by atoms with Crippen LogP contribution in [0.15, 0.2) is 58.5 Å². The summed E-state index contributed by atoms with van der Waals surface area (Å²) in [7, 11) is 0. The van der Waals surface area contributed by atoms with E-state index in [1.165, 1.54) is 16.7 Å². The molecule has 0 fully saturated rings. The monoisotopic (exact) mass is 499 g/mol. The molecule has 9 heteroatoms. The fourth-order valence-electron chi connectivity index (χ4n) is 3.25. The number of benzene rings is 2. The molecule has 0 aliphatic rings. The summed E-state index contributed by atoms with van der Waals surface area (Å²) >= 11 is 7.87. The molecule has 4 rings (SSSR count). The van der Waals surface area contributed by atoms with Crippen molar-refractivity contribution in [3.05, 3.63) is 74.2 Å². The van der Waals surface area contributed by atoms with Crippen molar-refractivity contribution in [2.24, 2.45) is 5.41 Å². The van der Waals surface area contributed by atoms with E-state index in [0.717, 1.165) is 34.3 Å². The number of ketones is 1. The first kappa shape index (κ1) is 23.5. The van der Waals surface area contributed by atoms with E-state index in [4.69, 9.17) is 17.2 Å². The molecule has 0 spiro atoms. The van der Waals surface area contributed by atoms with Crippen LogP contribution in [-0.4, -0.2) is 25.7 Å². The highest BCUT2D eigenvalue weighted by Gasteiger charge is 2.25. The Morgan fingerprint density at radius 3 is 2.36 bits per heavy atom. The fourth-order valence-corrected chi connectivity index (χ4v) is 5.70. The summed E-state index contributed by atoms with van der Waals surface area (Å²) in [5, 5.41) is 0.241. The van der Waals surface area contributed by atoms with Gasteiger partial charge in [-0.1, -0.05) is 74.2 Å². The van der Waals surface area contributed by atoms with Crippen LogP contribution in [0.3, 0.4) is 0 Å². The average Bonchev–Trinajstić information content (AvgIpc) is 3.09. The van der Waals surface area contributed by atoms with E-state index in [-0.39, 0.29) is 22.4 Å². The van der Waals surface area contributed by atoms with Gasteiger partial charge in [-0.15, -0.1) is 0 Å². The van der Waals surface area contributed by atoms with Crippen LogP contribution in [0, 0.1) is 22.1 Å². The highest BCUT2D eigenvalue weighted by atomic mass is 32.2. The Kier molecular flexibility index (Phi) is 6.39. The maximum Gasteiger partial charge on any atom is 0.278 e. The van der Waals surface area contributed by atoms with Gasteiger partial charge < -0.3 is 0 Å². The van der Waals surface area contributed by atoms with E-state index in [9.17, 15) is 14.0 Å². The number of hydrogen-bond acceptors (Lipinski definition) is 6. The van der Waals surface area contributed by atoms with Crippen LogP contribution in [0.1, 0.15) is 26.3 Å². The van der Waals surface area contributed by atoms with Gasteiger partial charge in [0.05, 0.1) is 17.1 Å². The second-order valence-electron chi connectivity index (χ2n) is 8.59. The van der Waals surface area contributed by atoms with Crippen molar-refractivity contribution in [3.63, 3.8) is 0 Å². The first-order valence-electron chi connectivity index (χ1n) is 10.2. The maximum atomic E-state index is 14.7. The molecule has 0 atom stereocenters. The zero-order chi connectivity index (χ0) is 23.9. The first-order valence-corrected chi connectivity index (χ1v) is 12.5. The molecule has 0 aliphatic heterocycles. The Hall–Kier alpha value is -2.62. The van der Waals surface area contributed by atoms with E-state index in [2.05, 4.69) is 0 Å². The number of halogens is 1. The molecule has 0 saturated carbocycles. The second-order valence-corrected chi connectivity index (χ2v) is 11.2. The molecule has 2 aromatic carbocycles. The summed E-state index contributed by atoms with van der Waals surface area (Å²) in [5.41, 5.74) is 1.33. The lowest BCUT2D eigenvalue weighted by molar-refractivity contribution is -0.123.